The van der Waals surface area contributed by atoms with Crippen molar-refractivity contribution >= 4 is 33.7 Å². The molecule has 7 nitrogen and oxygen atoms in total. The number of amides is 3. The molecular formula is C21H28BrN3O4. The zero-order valence-electron chi connectivity index (χ0n) is 16.7. The van der Waals surface area contributed by atoms with Crippen molar-refractivity contribution in [1.29, 1.82) is 0 Å². The summed E-state index contributed by atoms with van der Waals surface area (Å²) in [5.41, 5.74) is 5.36. The number of nitrogens with two attached hydrogens (primary N) is 1. The van der Waals surface area contributed by atoms with Gasteiger partial charge in [0, 0.05) is 42.5 Å². The maximum Gasteiger partial charge on any atom is 0.263 e. The number of hydrogen-bond donors (Lipinski definition) is 1. The van der Waals surface area contributed by atoms with Crippen molar-refractivity contribution in [2.24, 2.45) is 17.6 Å². The lowest BCUT2D eigenvalue weighted by molar-refractivity contribution is -0.145. The van der Waals surface area contributed by atoms with Crippen LogP contribution in [-0.2, 0) is 14.4 Å². The van der Waals surface area contributed by atoms with E-state index in [1.165, 1.54) is 0 Å². The fourth-order valence-corrected chi connectivity index (χ4v) is 4.28. The molecule has 2 N–H and O–H groups in total. The molecular weight excluding hydrogens is 438 g/mol. The summed E-state index contributed by atoms with van der Waals surface area (Å²) in [6, 6.07) is 7.38. The number of carbonyl (C=O) groups excluding carboxylic acids is 3. The average molecular weight is 466 g/mol. The van der Waals surface area contributed by atoms with Gasteiger partial charge in [-0.25, -0.2) is 0 Å². The van der Waals surface area contributed by atoms with Crippen LogP contribution in [0.15, 0.2) is 28.7 Å². The molecule has 1 aromatic rings. The quantitative estimate of drug-likeness (QED) is 0.720. The van der Waals surface area contributed by atoms with Gasteiger partial charge in [0.15, 0.2) is 6.10 Å². The summed E-state index contributed by atoms with van der Waals surface area (Å²) in [6.45, 7) is 4.04. The van der Waals surface area contributed by atoms with Crippen LogP contribution in [0.3, 0.4) is 0 Å². The Bertz CT molecular complexity index is 739. The Labute approximate surface area is 179 Å². The summed E-state index contributed by atoms with van der Waals surface area (Å²) in [7, 11) is 0. The Morgan fingerprint density at radius 3 is 2.03 bits per heavy atom. The van der Waals surface area contributed by atoms with Gasteiger partial charge in [-0.15, -0.1) is 0 Å². The summed E-state index contributed by atoms with van der Waals surface area (Å²) in [5.74, 6) is 0.278. The van der Waals surface area contributed by atoms with Gasteiger partial charge in [0.1, 0.15) is 5.75 Å². The number of nitrogens with zero attached hydrogens (tertiary/aromatic N) is 2. The highest BCUT2D eigenvalue weighted by Crippen LogP contribution is 2.25. The fourth-order valence-electron chi connectivity index (χ4n) is 4.01. The zero-order chi connectivity index (χ0) is 21.0. The molecule has 1 atom stereocenters. The standard InChI is InChI=1S/C21H28BrN3O4/c1-14(29-18-4-2-17(22)3-5-18)20(27)24-12-8-16(9-13-24)21(28)25-10-6-15(7-11-25)19(23)26/h2-5,14-16H,6-13H2,1H3,(H2,23,26)/t14-/m1/s1. The van der Waals surface area contributed by atoms with Crippen molar-refractivity contribution in [3.05, 3.63) is 28.7 Å². The topological polar surface area (TPSA) is 92.9 Å². The average Bonchev–Trinajstić information content (AvgIpc) is 2.74. The summed E-state index contributed by atoms with van der Waals surface area (Å²) in [5, 5.41) is 0. The highest BCUT2D eigenvalue weighted by atomic mass is 79.9. The van der Waals surface area contributed by atoms with Gasteiger partial charge >= 0.3 is 0 Å². The first-order chi connectivity index (χ1) is 13.8. The maximum absolute atomic E-state index is 12.8. The number of likely N-dealkylation sites (tertiary alicyclic amines) is 2. The van der Waals surface area contributed by atoms with Crippen LogP contribution in [0.2, 0.25) is 0 Å². The van der Waals surface area contributed by atoms with Gasteiger partial charge in [0.2, 0.25) is 11.8 Å². The summed E-state index contributed by atoms with van der Waals surface area (Å²) < 4.78 is 6.71. The zero-order valence-corrected chi connectivity index (χ0v) is 18.3. The molecule has 2 heterocycles. The van der Waals surface area contributed by atoms with E-state index in [1.54, 1.807) is 11.8 Å². The number of piperidine rings is 2. The van der Waals surface area contributed by atoms with Crippen LogP contribution in [0.25, 0.3) is 0 Å². The van der Waals surface area contributed by atoms with Gasteiger partial charge in [-0.3, -0.25) is 14.4 Å². The summed E-state index contributed by atoms with van der Waals surface area (Å²) in [6.07, 6.45) is 2.03. The molecule has 2 fully saturated rings. The van der Waals surface area contributed by atoms with Crippen LogP contribution in [0.5, 0.6) is 5.75 Å². The van der Waals surface area contributed by atoms with Gasteiger partial charge in [0.25, 0.3) is 5.91 Å². The molecule has 0 aromatic heterocycles. The minimum atomic E-state index is -0.573. The van der Waals surface area contributed by atoms with Crippen molar-refractivity contribution in [3.63, 3.8) is 0 Å². The molecule has 29 heavy (non-hydrogen) atoms. The van der Waals surface area contributed by atoms with Crippen molar-refractivity contribution in [2.75, 3.05) is 26.2 Å². The van der Waals surface area contributed by atoms with Crippen molar-refractivity contribution in [3.8, 4) is 5.75 Å². The van der Waals surface area contributed by atoms with E-state index in [1.807, 2.05) is 29.2 Å². The van der Waals surface area contributed by atoms with E-state index < -0.39 is 6.10 Å². The van der Waals surface area contributed by atoms with Gasteiger partial charge in [-0.05, 0) is 56.9 Å². The second-order valence-electron chi connectivity index (χ2n) is 7.82. The van der Waals surface area contributed by atoms with Crippen LogP contribution >= 0.6 is 15.9 Å². The second kappa shape index (κ2) is 9.61. The Morgan fingerprint density at radius 2 is 1.48 bits per heavy atom. The predicted molar refractivity (Wildman–Crippen MR) is 112 cm³/mol. The number of halogens is 1. The van der Waals surface area contributed by atoms with E-state index >= 15 is 0 Å². The number of rotatable bonds is 5. The first-order valence-electron chi connectivity index (χ1n) is 10.1. The monoisotopic (exact) mass is 465 g/mol. The Hall–Kier alpha value is -2.09. The highest BCUT2D eigenvalue weighted by Gasteiger charge is 2.34. The van der Waals surface area contributed by atoms with E-state index in [0.29, 0.717) is 57.6 Å². The number of hydrogen-bond acceptors (Lipinski definition) is 4. The lowest BCUT2D eigenvalue weighted by Gasteiger charge is -2.37. The molecule has 3 rings (SSSR count). The minimum Gasteiger partial charge on any atom is -0.481 e. The van der Waals surface area contributed by atoms with Crippen molar-refractivity contribution < 1.29 is 19.1 Å². The lowest BCUT2D eigenvalue weighted by Crippen LogP contribution is -2.49. The summed E-state index contributed by atoms with van der Waals surface area (Å²) >= 11 is 3.38. The van der Waals surface area contributed by atoms with E-state index in [0.717, 1.165) is 4.47 Å². The Kier molecular flexibility index (Phi) is 7.16. The van der Waals surface area contributed by atoms with Crippen LogP contribution in [-0.4, -0.2) is 59.8 Å². The molecule has 8 heteroatoms. The van der Waals surface area contributed by atoms with Gasteiger partial charge < -0.3 is 20.3 Å². The molecule has 0 radical (unpaired) electrons. The van der Waals surface area contributed by atoms with Crippen LogP contribution in [0, 0.1) is 11.8 Å². The van der Waals surface area contributed by atoms with E-state index in [2.05, 4.69) is 15.9 Å². The Balaban J connectivity index is 1.45. The first kappa shape index (κ1) is 21.6. The van der Waals surface area contributed by atoms with E-state index in [-0.39, 0.29) is 29.6 Å². The third-order valence-electron chi connectivity index (χ3n) is 5.84. The highest BCUT2D eigenvalue weighted by molar-refractivity contribution is 9.10. The maximum atomic E-state index is 12.8. The molecule has 0 spiro atoms. The molecule has 0 bridgehead atoms. The molecule has 2 saturated heterocycles. The third-order valence-corrected chi connectivity index (χ3v) is 6.37. The van der Waals surface area contributed by atoms with E-state index in [4.69, 9.17) is 10.5 Å². The molecule has 158 valence electrons. The number of benzene rings is 1. The molecule has 3 amide bonds. The molecule has 0 unspecified atom stereocenters. The van der Waals surface area contributed by atoms with Crippen LogP contribution in [0.4, 0.5) is 0 Å². The molecule has 2 aliphatic rings. The Morgan fingerprint density at radius 1 is 0.966 bits per heavy atom. The van der Waals surface area contributed by atoms with Crippen LogP contribution in [0.1, 0.15) is 32.6 Å². The number of carbonyl (C=O) groups is 3. The number of ether oxygens (including phenoxy) is 1. The minimum absolute atomic E-state index is 0.0545. The van der Waals surface area contributed by atoms with Gasteiger partial charge in [-0.1, -0.05) is 15.9 Å². The third kappa shape index (κ3) is 5.50. The molecule has 0 aliphatic carbocycles. The number of primary amides is 1. The molecule has 0 saturated carbocycles. The SMILES string of the molecule is C[C@@H](Oc1ccc(Br)cc1)C(=O)N1CCC(C(=O)N2CCC(C(N)=O)CC2)CC1. The lowest BCUT2D eigenvalue weighted by atomic mass is 9.91. The predicted octanol–water partition coefficient (Wildman–Crippen LogP) is 2.18. The van der Waals surface area contributed by atoms with Gasteiger partial charge in [-0.2, -0.15) is 0 Å². The van der Waals surface area contributed by atoms with Crippen molar-refractivity contribution in [1.82, 2.24) is 9.80 Å². The first-order valence-corrected chi connectivity index (χ1v) is 10.9. The molecule has 1 aromatic carbocycles. The van der Waals surface area contributed by atoms with Crippen molar-refractivity contribution in [2.45, 2.75) is 38.7 Å². The molecule has 2 aliphatic heterocycles. The fraction of sp³-hybridized carbons (Fsp3) is 0.571. The largest absolute Gasteiger partial charge is 0.481 e. The normalized spacial score (nSPS) is 19.7. The van der Waals surface area contributed by atoms with Gasteiger partial charge in [0.05, 0.1) is 0 Å². The summed E-state index contributed by atoms with van der Waals surface area (Å²) in [4.78, 5) is 40.4. The smallest absolute Gasteiger partial charge is 0.263 e. The van der Waals surface area contributed by atoms with Crippen LogP contribution < -0.4 is 10.5 Å². The van der Waals surface area contributed by atoms with E-state index in [9.17, 15) is 14.4 Å². The second-order valence-corrected chi connectivity index (χ2v) is 8.73.